The number of fused-ring (bicyclic) bond motifs is 1. The maximum atomic E-state index is 13.7. The summed E-state index contributed by atoms with van der Waals surface area (Å²) in [5, 5.41) is 4.61. The van der Waals surface area contributed by atoms with Crippen molar-refractivity contribution in [2.75, 3.05) is 5.32 Å². The van der Waals surface area contributed by atoms with Gasteiger partial charge in [0.1, 0.15) is 17.2 Å². The van der Waals surface area contributed by atoms with Crippen LogP contribution in [0.4, 0.5) is 10.1 Å². The first-order valence-electron chi connectivity index (χ1n) is 6.31. The Labute approximate surface area is 121 Å². The second kappa shape index (κ2) is 5.17. The second-order valence-electron chi connectivity index (χ2n) is 4.61. The lowest BCUT2D eigenvalue weighted by atomic mass is 10.1. The Bertz CT molecular complexity index is 766. The molecule has 1 aromatic heterocycles. The highest BCUT2D eigenvalue weighted by Gasteiger charge is 2.11. The van der Waals surface area contributed by atoms with E-state index in [0.29, 0.717) is 17.3 Å². The number of furan rings is 1. The molecule has 0 amide bonds. The van der Waals surface area contributed by atoms with Gasteiger partial charge in [-0.2, -0.15) is 0 Å². The third kappa shape index (κ3) is 2.37. The van der Waals surface area contributed by atoms with Gasteiger partial charge in [0.05, 0.1) is 5.69 Å². The zero-order chi connectivity index (χ0) is 14.1. The maximum Gasteiger partial charge on any atom is 0.146 e. The molecular formula is C16H13ClFNO. The molecule has 0 unspecified atom stereocenters. The number of benzene rings is 2. The molecule has 20 heavy (non-hydrogen) atoms. The molecule has 1 N–H and O–H groups in total. The van der Waals surface area contributed by atoms with Gasteiger partial charge in [0.25, 0.3) is 0 Å². The van der Waals surface area contributed by atoms with Crippen molar-refractivity contribution in [2.24, 2.45) is 0 Å². The van der Waals surface area contributed by atoms with Gasteiger partial charge in [-0.25, -0.2) is 4.39 Å². The van der Waals surface area contributed by atoms with E-state index in [4.69, 9.17) is 16.0 Å². The van der Waals surface area contributed by atoms with Crippen LogP contribution >= 0.6 is 11.6 Å². The molecule has 0 fully saturated rings. The molecule has 0 aliphatic rings. The highest BCUT2D eigenvalue weighted by molar-refractivity contribution is 6.30. The van der Waals surface area contributed by atoms with E-state index in [2.05, 4.69) is 5.32 Å². The Balaban J connectivity index is 1.90. The van der Waals surface area contributed by atoms with E-state index < -0.39 is 0 Å². The Hall–Kier alpha value is -2.00. The number of nitrogens with one attached hydrogen (secondary N) is 1. The second-order valence-corrected chi connectivity index (χ2v) is 5.05. The van der Waals surface area contributed by atoms with Crippen LogP contribution < -0.4 is 5.32 Å². The Kier molecular flexibility index (Phi) is 3.36. The van der Waals surface area contributed by atoms with Gasteiger partial charge in [-0.15, -0.1) is 0 Å². The van der Waals surface area contributed by atoms with E-state index in [1.807, 2.05) is 31.2 Å². The predicted molar refractivity (Wildman–Crippen MR) is 79.7 cm³/mol. The van der Waals surface area contributed by atoms with E-state index in [1.165, 1.54) is 12.1 Å². The zero-order valence-corrected chi connectivity index (χ0v) is 11.7. The van der Waals surface area contributed by atoms with Gasteiger partial charge in [-0.3, -0.25) is 0 Å². The average Bonchev–Trinajstić information content (AvgIpc) is 2.75. The van der Waals surface area contributed by atoms with Gasteiger partial charge in [0, 0.05) is 22.5 Å². The molecule has 0 atom stereocenters. The fourth-order valence-electron chi connectivity index (χ4n) is 2.26. The molecule has 0 saturated carbocycles. The summed E-state index contributed by atoms with van der Waals surface area (Å²) in [4.78, 5) is 0. The highest BCUT2D eigenvalue weighted by Crippen LogP contribution is 2.27. The first-order valence-corrected chi connectivity index (χ1v) is 6.69. The largest absolute Gasteiger partial charge is 0.461 e. The quantitative estimate of drug-likeness (QED) is 0.721. The summed E-state index contributed by atoms with van der Waals surface area (Å²) in [6, 6.07) is 12.3. The summed E-state index contributed by atoms with van der Waals surface area (Å²) in [5.74, 6) is 0.515. The number of aryl methyl sites for hydroxylation is 1. The maximum absolute atomic E-state index is 13.7. The number of para-hydroxylation sites is 1. The average molecular weight is 290 g/mol. The Morgan fingerprint density at radius 3 is 2.85 bits per heavy atom. The molecular weight excluding hydrogens is 277 g/mol. The minimum atomic E-state index is -0.320. The van der Waals surface area contributed by atoms with E-state index in [1.54, 1.807) is 6.07 Å². The Morgan fingerprint density at radius 2 is 2.00 bits per heavy atom. The Morgan fingerprint density at radius 1 is 1.20 bits per heavy atom. The van der Waals surface area contributed by atoms with Crippen LogP contribution in [-0.4, -0.2) is 0 Å². The van der Waals surface area contributed by atoms with Gasteiger partial charge in [-0.05, 0) is 31.2 Å². The van der Waals surface area contributed by atoms with Gasteiger partial charge in [-0.1, -0.05) is 29.8 Å². The normalized spacial score (nSPS) is 10.9. The summed E-state index contributed by atoms with van der Waals surface area (Å²) >= 11 is 5.88. The molecule has 0 aliphatic heterocycles. The molecule has 3 aromatic rings. The van der Waals surface area contributed by atoms with Crippen LogP contribution in [-0.2, 0) is 6.54 Å². The van der Waals surface area contributed by atoms with Crippen LogP contribution in [0.15, 0.2) is 46.9 Å². The van der Waals surface area contributed by atoms with Crippen LogP contribution in [0.5, 0.6) is 0 Å². The molecule has 4 heteroatoms. The summed E-state index contributed by atoms with van der Waals surface area (Å²) in [7, 11) is 0. The standard InChI is InChI=1S/C16H13ClFNO/c1-10-13(12-4-2-3-5-16(12)20-10)9-19-15-8-11(17)6-7-14(15)18/h2-8,19H,9H2,1H3. The first kappa shape index (κ1) is 13.0. The van der Waals surface area contributed by atoms with Gasteiger partial charge in [0.15, 0.2) is 0 Å². The van der Waals surface area contributed by atoms with Crippen LogP contribution in [0.2, 0.25) is 5.02 Å². The molecule has 3 rings (SSSR count). The molecule has 1 heterocycles. The molecule has 0 spiro atoms. The van der Waals surface area contributed by atoms with Crippen molar-refractivity contribution in [3.63, 3.8) is 0 Å². The summed E-state index contributed by atoms with van der Waals surface area (Å²) < 4.78 is 19.3. The van der Waals surface area contributed by atoms with Crippen LogP contribution in [0.1, 0.15) is 11.3 Å². The van der Waals surface area contributed by atoms with Crippen molar-refractivity contribution in [1.29, 1.82) is 0 Å². The number of halogens is 2. The van der Waals surface area contributed by atoms with E-state index in [9.17, 15) is 4.39 Å². The number of rotatable bonds is 3. The predicted octanol–water partition coefficient (Wildman–Crippen LogP) is 5.15. The summed E-state index contributed by atoms with van der Waals surface area (Å²) in [6.07, 6.45) is 0. The summed E-state index contributed by atoms with van der Waals surface area (Å²) in [5.41, 5.74) is 2.26. The monoisotopic (exact) mass is 289 g/mol. The molecule has 0 radical (unpaired) electrons. The first-order chi connectivity index (χ1) is 9.65. The van der Waals surface area contributed by atoms with Crippen molar-refractivity contribution in [3.8, 4) is 0 Å². The molecule has 2 aromatic carbocycles. The summed E-state index contributed by atoms with van der Waals surface area (Å²) in [6.45, 7) is 2.39. The zero-order valence-electron chi connectivity index (χ0n) is 10.9. The topological polar surface area (TPSA) is 25.2 Å². The van der Waals surface area contributed by atoms with Gasteiger partial charge in [0.2, 0.25) is 0 Å². The minimum absolute atomic E-state index is 0.320. The molecule has 2 nitrogen and oxygen atoms in total. The number of hydrogen-bond donors (Lipinski definition) is 1. The smallest absolute Gasteiger partial charge is 0.146 e. The lowest BCUT2D eigenvalue weighted by Gasteiger charge is -2.07. The fourth-order valence-corrected chi connectivity index (χ4v) is 2.43. The number of hydrogen-bond acceptors (Lipinski definition) is 2. The van der Waals surface area contributed by atoms with E-state index in [-0.39, 0.29) is 5.82 Å². The molecule has 0 aliphatic carbocycles. The number of anilines is 1. The van der Waals surface area contributed by atoms with Crippen LogP contribution in [0.25, 0.3) is 11.0 Å². The van der Waals surface area contributed by atoms with Crippen molar-refractivity contribution in [2.45, 2.75) is 13.5 Å². The van der Waals surface area contributed by atoms with Crippen LogP contribution in [0, 0.1) is 12.7 Å². The lowest BCUT2D eigenvalue weighted by Crippen LogP contribution is -2.02. The van der Waals surface area contributed by atoms with Crippen molar-refractivity contribution in [1.82, 2.24) is 0 Å². The third-order valence-electron chi connectivity index (χ3n) is 3.28. The van der Waals surface area contributed by atoms with E-state index >= 15 is 0 Å². The molecule has 102 valence electrons. The van der Waals surface area contributed by atoms with Crippen LogP contribution in [0.3, 0.4) is 0 Å². The minimum Gasteiger partial charge on any atom is -0.461 e. The molecule has 0 saturated heterocycles. The van der Waals surface area contributed by atoms with Crippen molar-refractivity contribution in [3.05, 3.63) is 64.6 Å². The van der Waals surface area contributed by atoms with Crippen molar-refractivity contribution >= 4 is 28.3 Å². The SMILES string of the molecule is Cc1oc2ccccc2c1CNc1cc(Cl)ccc1F. The van der Waals surface area contributed by atoms with Crippen molar-refractivity contribution < 1.29 is 8.81 Å². The molecule has 0 bridgehead atoms. The highest BCUT2D eigenvalue weighted by atomic mass is 35.5. The third-order valence-corrected chi connectivity index (χ3v) is 3.52. The van der Waals surface area contributed by atoms with E-state index in [0.717, 1.165) is 22.3 Å². The van der Waals surface area contributed by atoms with Gasteiger partial charge < -0.3 is 9.73 Å². The lowest BCUT2D eigenvalue weighted by molar-refractivity contribution is 0.572. The fraction of sp³-hybridized carbons (Fsp3) is 0.125. The van der Waals surface area contributed by atoms with Gasteiger partial charge >= 0.3 is 0 Å².